The highest BCUT2D eigenvalue weighted by molar-refractivity contribution is 7.92. The maximum atomic E-state index is 12.5. The summed E-state index contributed by atoms with van der Waals surface area (Å²) in [6, 6.07) is 14.2. The molecule has 0 aliphatic rings. The van der Waals surface area contributed by atoms with Gasteiger partial charge in [0.25, 0.3) is 10.0 Å². The van der Waals surface area contributed by atoms with E-state index in [4.69, 9.17) is 39.5 Å². The molecule has 0 spiro atoms. The molecule has 5 nitrogen and oxygen atoms in total. The lowest BCUT2D eigenvalue weighted by molar-refractivity contribution is 0.307. The quantitative estimate of drug-likeness (QED) is 0.552. The zero-order valence-electron chi connectivity index (χ0n) is 13.7. The fraction of sp³-hybridized carbons (Fsp3) is 0.0556. The van der Waals surface area contributed by atoms with E-state index < -0.39 is 10.0 Å². The Morgan fingerprint density at radius 3 is 2.41 bits per heavy atom. The minimum atomic E-state index is -3.84. The Labute approximate surface area is 171 Å². The monoisotopic (exact) mass is 442 g/mol. The van der Waals surface area contributed by atoms with Crippen molar-refractivity contribution in [1.82, 2.24) is 4.98 Å². The molecule has 0 saturated carbocycles. The predicted octanol–water partition coefficient (Wildman–Crippen LogP) is 5.42. The number of ether oxygens (including phenoxy) is 1. The minimum absolute atomic E-state index is 0.0630. The molecule has 3 rings (SSSR count). The van der Waals surface area contributed by atoms with Gasteiger partial charge in [-0.3, -0.25) is 4.72 Å². The Balaban J connectivity index is 1.79. The maximum Gasteiger partial charge on any atom is 0.263 e. The number of hydrogen-bond donors (Lipinski definition) is 1. The van der Waals surface area contributed by atoms with Gasteiger partial charge in [0.2, 0.25) is 0 Å². The van der Waals surface area contributed by atoms with Crippen LogP contribution < -0.4 is 9.46 Å². The van der Waals surface area contributed by atoms with E-state index in [2.05, 4.69) is 9.71 Å². The van der Waals surface area contributed by atoms with Gasteiger partial charge in [-0.15, -0.1) is 0 Å². The lowest BCUT2D eigenvalue weighted by Gasteiger charge is -2.13. The molecule has 1 aromatic heterocycles. The molecule has 0 saturated heterocycles. The van der Waals surface area contributed by atoms with Gasteiger partial charge in [-0.1, -0.05) is 40.9 Å². The zero-order valence-corrected chi connectivity index (χ0v) is 16.8. The molecular formula is C18H13Cl3N2O3S. The number of aromatic nitrogens is 1. The fourth-order valence-electron chi connectivity index (χ4n) is 2.17. The van der Waals surface area contributed by atoms with Crippen molar-refractivity contribution < 1.29 is 13.2 Å². The van der Waals surface area contributed by atoms with E-state index in [1.54, 1.807) is 30.3 Å². The number of benzene rings is 2. The molecule has 3 aromatic rings. The number of nitrogens with one attached hydrogen (secondary N) is 1. The molecule has 2 aromatic carbocycles. The van der Waals surface area contributed by atoms with Crippen molar-refractivity contribution >= 4 is 50.6 Å². The van der Waals surface area contributed by atoms with Gasteiger partial charge in [0.1, 0.15) is 6.61 Å². The molecule has 0 aliphatic carbocycles. The van der Waals surface area contributed by atoms with Gasteiger partial charge in [-0.2, -0.15) is 0 Å². The van der Waals surface area contributed by atoms with Crippen molar-refractivity contribution in [2.75, 3.05) is 4.72 Å². The van der Waals surface area contributed by atoms with E-state index in [0.29, 0.717) is 15.1 Å². The minimum Gasteiger partial charge on any atom is -0.485 e. The molecule has 0 bridgehead atoms. The molecule has 1 heterocycles. The van der Waals surface area contributed by atoms with Gasteiger partial charge in [-0.25, -0.2) is 13.4 Å². The molecule has 0 radical (unpaired) electrons. The second-order valence-corrected chi connectivity index (χ2v) is 8.38. The molecular weight excluding hydrogens is 431 g/mol. The van der Waals surface area contributed by atoms with Crippen molar-refractivity contribution in [2.24, 2.45) is 0 Å². The normalized spacial score (nSPS) is 11.2. The third-order valence-corrected chi connectivity index (χ3v) is 5.85. The maximum absolute atomic E-state index is 12.5. The summed E-state index contributed by atoms with van der Waals surface area (Å²) in [7, 11) is -3.84. The van der Waals surface area contributed by atoms with Crippen LogP contribution in [0.3, 0.4) is 0 Å². The Morgan fingerprint density at radius 2 is 1.70 bits per heavy atom. The van der Waals surface area contributed by atoms with Crippen LogP contribution in [0.4, 0.5) is 5.82 Å². The van der Waals surface area contributed by atoms with Crippen LogP contribution in [-0.4, -0.2) is 13.4 Å². The van der Waals surface area contributed by atoms with E-state index in [9.17, 15) is 8.42 Å². The highest BCUT2D eigenvalue weighted by Gasteiger charge is 2.17. The summed E-state index contributed by atoms with van der Waals surface area (Å²) in [6.45, 7) is 0.165. The molecule has 27 heavy (non-hydrogen) atoms. The first kappa shape index (κ1) is 19.8. The van der Waals surface area contributed by atoms with Gasteiger partial charge < -0.3 is 4.74 Å². The van der Waals surface area contributed by atoms with Crippen LogP contribution >= 0.6 is 34.8 Å². The Morgan fingerprint density at radius 1 is 0.963 bits per heavy atom. The number of anilines is 1. The number of rotatable bonds is 6. The summed E-state index contributed by atoms with van der Waals surface area (Å²) < 4.78 is 33.2. The molecule has 1 N–H and O–H groups in total. The van der Waals surface area contributed by atoms with Crippen LogP contribution in [-0.2, 0) is 16.6 Å². The van der Waals surface area contributed by atoms with E-state index in [-0.39, 0.29) is 23.1 Å². The number of nitrogens with zero attached hydrogens (tertiary/aromatic N) is 1. The lowest BCUT2D eigenvalue weighted by Crippen LogP contribution is -2.14. The summed E-state index contributed by atoms with van der Waals surface area (Å²) in [6.07, 6.45) is 1.46. The van der Waals surface area contributed by atoms with Gasteiger partial charge in [0, 0.05) is 11.2 Å². The SMILES string of the molecule is O=S(=O)(Nc1ncccc1OCc1ccc(Cl)c(Cl)c1)c1ccc(Cl)cc1. The van der Waals surface area contributed by atoms with Gasteiger partial charge in [0.15, 0.2) is 11.6 Å². The average molecular weight is 444 g/mol. The fourth-order valence-corrected chi connectivity index (χ4v) is 3.64. The van der Waals surface area contributed by atoms with Crippen LogP contribution in [0, 0.1) is 0 Å². The molecule has 9 heteroatoms. The molecule has 0 amide bonds. The number of sulfonamides is 1. The van der Waals surface area contributed by atoms with E-state index in [1.165, 1.54) is 30.5 Å². The summed E-state index contributed by atoms with van der Waals surface area (Å²) in [5, 5.41) is 1.29. The van der Waals surface area contributed by atoms with Crippen LogP contribution in [0.25, 0.3) is 0 Å². The molecule has 0 unspecified atom stereocenters. The summed E-state index contributed by atoms with van der Waals surface area (Å²) in [4.78, 5) is 4.13. The predicted molar refractivity (Wildman–Crippen MR) is 107 cm³/mol. The first-order valence-corrected chi connectivity index (χ1v) is 10.3. The number of hydrogen-bond acceptors (Lipinski definition) is 4. The largest absolute Gasteiger partial charge is 0.485 e. The standard InChI is InChI=1S/C18H13Cl3N2O3S/c19-13-4-6-14(7-5-13)27(24,25)23-18-17(2-1-9-22-18)26-11-12-3-8-15(20)16(21)10-12/h1-10H,11H2,(H,22,23). The number of pyridine rings is 1. The van der Waals surface area contributed by atoms with Crippen LogP contribution in [0.2, 0.25) is 15.1 Å². The second-order valence-electron chi connectivity index (χ2n) is 5.45. The molecule has 0 atom stereocenters. The molecule has 140 valence electrons. The highest BCUT2D eigenvalue weighted by atomic mass is 35.5. The van der Waals surface area contributed by atoms with E-state index in [0.717, 1.165) is 5.56 Å². The van der Waals surface area contributed by atoms with E-state index in [1.807, 2.05) is 0 Å². The third kappa shape index (κ3) is 5.05. The van der Waals surface area contributed by atoms with Crippen LogP contribution in [0.5, 0.6) is 5.75 Å². The van der Waals surface area contributed by atoms with Gasteiger partial charge in [0.05, 0.1) is 14.9 Å². The average Bonchev–Trinajstić information content (AvgIpc) is 2.64. The summed E-state index contributed by atoms with van der Waals surface area (Å²) in [5.41, 5.74) is 0.778. The third-order valence-electron chi connectivity index (χ3n) is 3.50. The first-order valence-electron chi connectivity index (χ1n) is 7.65. The van der Waals surface area contributed by atoms with Crippen molar-refractivity contribution in [3.8, 4) is 5.75 Å². The van der Waals surface area contributed by atoms with Crippen molar-refractivity contribution in [2.45, 2.75) is 11.5 Å². The smallest absolute Gasteiger partial charge is 0.263 e. The Hall–Kier alpha value is -1.99. The van der Waals surface area contributed by atoms with Crippen LogP contribution in [0.1, 0.15) is 5.56 Å². The van der Waals surface area contributed by atoms with Gasteiger partial charge >= 0.3 is 0 Å². The van der Waals surface area contributed by atoms with Crippen molar-refractivity contribution in [3.63, 3.8) is 0 Å². The first-order chi connectivity index (χ1) is 12.8. The Bertz CT molecular complexity index is 1060. The molecule has 0 aliphatic heterocycles. The van der Waals surface area contributed by atoms with Crippen LogP contribution in [0.15, 0.2) is 65.7 Å². The van der Waals surface area contributed by atoms with Crippen molar-refractivity contribution in [1.29, 1.82) is 0 Å². The molecule has 0 fully saturated rings. The zero-order chi connectivity index (χ0) is 19.4. The summed E-state index contributed by atoms with van der Waals surface area (Å²) >= 11 is 17.7. The van der Waals surface area contributed by atoms with Crippen molar-refractivity contribution in [3.05, 3.63) is 81.4 Å². The summed E-state index contributed by atoms with van der Waals surface area (Å²) in [5.74, 6) is 0.355. The lowest BCUT2D eigenvalue weighted by atomic mass is 10.2. The topological polar surface area (TPSA) is 68.3 Å². The van der Waals surface area contributed by atoms with Gasteiger partial charge in [-0.05, 0) is 54.1 Å². The number of halogens is 3. The second kappa shape index (κ2) is 8.35. The highest BCUT2D eigenvalue weighted by Crippen LogP contribution is 2.27. The Kier molecular flexibility index (Phi) is 6.11. The van der Waals surface area contributed by atoms with E-state index >= 15 is 0 Å².